The van der Waals surface area contributed by atoms with Gasteiger partial charge in [-0.15, -0.1) is 0 Å². The van der Waals surface area contributed by atoms with E-state index < -0.39 is 13.1 Å². The lowest BCUT2D eigenvalue weighted by atomic mass is 9.77. The average molecular weight is 195 g/mol. The highest BCUT2D eigenvalue weighted by Gasteiger charge is 2.23. The van der Waals surface area contributed by atoms with Gasteiger partial charge in [0.1, 0.15) is 0 Å². The lowest BCUT2D eigenvalue weighted by Crippen LogP contribution is -2.31. The zero-order chi connectivity index (χ0) is 10.1. The molecule has 1 fully saturated rings. The van der Waals surface area contributed by atoms with E-state index in [2.05, 4.69) is 4.98 Å². The van der Waals surface area contributed by atoms with Crippen LogP contribution in [0.3, 0.4) is 0 Å². The second-order valence-electron chi connectivity index (χ2n) is 3.65. The van der Waals surface area contributed by atoms with Gasteiger partial charge < -0.3 is 10.0 Å². The van der Waals surface area contributed by atoms with Gasteiger partial charge in [0.2, 0.25) is 5.95 Å². The highest BCUT2D eigenvalue weighted by molar-refractivity contribution is 6.58. The van der Waals surface area contributed by atoms with Crippen molar-refractivity contribution in [3.05, 3.63) is 23.8 Å². The lowest BCUT2D eigenvalue weighted by molar-refractivity contribution is 0.403. The molecule has 0 bridgehead atoms. The molecule has 1 heterocycles. The minimum absolute atomic E-state index is 0.180. The first-order chi connectivity index (χ1) is 6.66. The maximum Gasteiger partial charge on any atom is 0.488 e. The molecular weight excluding hydrogens is 184 g/mol. The Hall–Kier alpha value is -0.935. The molecule has 1 saturated carbocycles. The molecule has 14 heavy (non-hydrogen) atoms. The van der Waals surface area contributed by atoms with Crippen LogP contribution in [0.1, 0.15) is 30.9 Å². The van der Waals surface area contributed by atoms with Crippen LogP contribution < -0.4 is 5.46 Å². The van der Waals surface area contributed by atoms with Crippen molar-refractivity contribution in [2.24, 2.45) is 0 Å². The Balaban J connectivity index is 2.30. The van der Waals surface area contributed by atoms with Crippen LogP contribution in [0.15, 0.2) is 12.1 Å². The van der Waals surface area contributed by atoms with Crippen LogP contribution in [0.2, 0.25) is 0 Å². The number of nitrogens with zero attached hydrogens (tertiary/aromatic N) is 1. The van der Waals surface area contributed by atoms with Gasteiger partial charge in [0.25, 0.3) is 0 Å². The molecule has 0 spiro atoms. The number of hydrogen-bond donors (Lipinski definition) is 2. The maximum atomic E-state index is 13.0. The van der Waals surface area contributed by atoms with Crippen molar-refractivity contribution >= 4 is 12.6 Å². The Morgan fingerprint density at radius 1 is 1.36 bits per heavy atom. The first-order valence-corrected chi connectivity index (χ1v) is 4.70. The van der Waals surface area contributed by atoms with Gasteiger partial charge in [-0.3, -0.25) is 0 Å². The Morgan fingerprint density at radius 2 is 2.07 bits per heavy atom. The number of aromatic nitrogens is 1. The zero-order valence-electron chi connectivity index (χ0n) is 7.65. The van der Waals surface area contributed by atoms with Gasteiger partial charge in [0.15, 0.2) is 0 Å². The molecule has 3 nitrogen and oxygen atoms in total. The molecule has 0 amide bonds. The van der Waals surface area contributed by atoms with Gasteiger partial charge in [0, 0.05) is 11.6 Å². The van der Waals surface area contributed by atoms with Crippen LogP contribution in [0.5, 0.6) is 0 Å². The molecule has 1 aromatic rings. The summed E-state index contributed by atoms with van der Waals surface area (Å²) in [6, 6.07) is 2.62. The summed E-state index contributed by atoms with van der Waals surface area (Å²) in [5, 5.41) is 17.8. The minimum atomic E-state index is -1.62. The summed E-state index contributed by atoms with van der Waals surface area (Å²) in [6.45, 7) is 0. The second kappa shape index (κ2) is 3.67. The quantitative estimate of drug-likeness (QED) is 0.522. The van der Waals surface area contributed by atoms with Gasteiger partial charge in [-0.25, -0.2) is 4.98 Å². The standard InChI is InChI=1S/C9H11BFNO2/c11-9-5-7(10(13)14)4-8(12-9)6-2-1-3-6/h4-6,13-14H,1-3H2. The predicted molar refractivity (Wildman–Crippen MR) is 50.6 cm³/mol. The molecule has 2 N–H and O–H groups in total. The summed E-state index contributed by atoms with van der Waals surface area (Å²) in [4.78, 5) is 3.75. The second-order valence-corrected chi connectivity index (χ2v) is 3.65. The summed E-state index contributed by atoms with van der Waals surface area (Å²) < 4.78 is 13.0. The van der Waals surface area contributed by atoms with Gasteiger partial charge in [-0.1, -0.05) is 6.42 Å². The first-order valence-electron chi connectivity index (χ1n) is 4.70. The van der Waals surface area contributed by atoms with Crippen molar-refractivity contribution in [3.63, 3.8) is 0 Å². The molecule has 0 unspecified atom stereocenters. The Labute approximate surface area is 81.8 Å². The molecule has 1 aliphatic carbocycles. The largest absolute Gasteiger partial charge is 0.488 e. The van der Waals surface area contributed by atoms with E-state index in [1.807, 2.05) is 0 Å². The van der Waals surface area contributed by atoms with Crippen LogP contribution in [-0.2, 0) is 0 Å². The molecule has 0 aromatic carbocycles. The van der Waals surface area contributed by atoms with E-state index >= 15 is 0 Å². The van der Waals surface area contributed by atoms with Gasteiger partial charge in [-0.2, -0.15) is 4.39 Å². The molecule has 5 heteroatoms. The molecule has 0 aliphatic heterocycles. The molecular formula is C9H11BFNO2. The van der Waals surface area contributed by atoms with Crippen LogP contribution in [0.25, 0.3) is 0 Å². The number of pyridine rings is 1. The SMILES string of the molecule is OB(O)c1cc(F)nc(C2CCC2)c1. The van der Waals surface area contributed by atoms with E-state index in [0.717, 1.165) is 25.3 Å². The third-order valence-electron chi connectivity index (χ3n) is 2.66. The molecule has 0 saturated heterocycles. The van der Waals surface area contributed by atoms with E-state index in [1.54, 1.807) is 6.07 Å². The molecule has 1 aliphatic rings. The summed E-state index contributed by atoms with van der Waals surface area (Å²) in [6.07, 6.45) is 3.16. The van der Waals surface area contributed by atoms with Gasteiger partial charge in [0.05, 0.1) is 0 Å². The van der Waals surface area contributed by atoms with E-state index in [-0.39, 0.29) is 5.46 Å². The van der Waals surface area contributed by atoms with E-state index in [0.29, 0.717) is 11.6 Å². The van der Waals surface area contributed by atoms with Crippen molar-refractivity contribution < 1.29 is 14.4 Å². The number of halogens is 1. The van der Waals surface area contributed by atoms with Crippen LogP contribution in [0, 0.1) is 5.95 Å². The fourth-order valence-electron chi connectivity index (χ4n) is 1.60. The third kappa shape index (κ3) is 1.78. The Bertz CT molecular complexity index is 342. The maximum absolute atomic E-state index is 13.0. The predicted octanol–water partition coefficient (Wildman–Crippen LogP) is 0.168. The summed E-state index contributed by atoms with van der Waals surface area (Å²) in [5.74, 6) is -0.347. The van der Waals surface area contributed by atoms with Crippen LogP contribution in [0.4, 0.5) is 4.39 Å². The van der Waals surface area contributed by atoms with Crippen molar-refractivity contribution in [2.45, 2.75) is 25.2 Å². The molecule has 1 aromatic heterocycles. The number of rotatable bonds is 2. The Kier molecular flexibility index (Phi) is 2.52. The minimum Gasteiger partial charge on any atom is -0.423 e. The third-order valence-corrected chi connectivity index (χ3v) is 2.66. The molecule has 0 radical (unpaired) electrons. The normalized spacial score (nSPS) is 16.5. The van der Waals surface area contributed by atoms with Crippen LogP contribution in [-0.4, -0.2) is 22.2 Å². The average Bonchev–Trinajstić information content (AvgIpc) is 1.99. The topological polar surface area (TPSA) is 53.4 Å². The van der Waals surface area contributed by atoms with E-state index in [9.17, 15) is 4.39 Å². The Morgan fingerprint density at radius 3 is 2.57 bits per heavy atom. The van der Waals surface area contributed by atoms with E-state index in [1.165, 1.54) is 0 Å². The molecule has 2 rings (SSSR count). The van der Waals surface area contributed by atoms with Gasteiger partial charge in [-0.05, 0) is 30.4 Å². The van der Waals surface area contributed by atoms with Crippen molar-refractivity contribution in [1.29, 1.82) is 0 Å². The van der Waals surface area contributed by atoms with Crippen molar-refractivity contribution in [3.8, 4) is 0 Å². The monoisotopic (exact) mass is 195 g/mol. The smallest absolute Gasteiger partial charge is 0.423 e. The van der Waals surface area contributed by atoms with Gasteiger partial charge >= 0.3 is 7.12 Å². The lowest BCUT2D eigenvalue weighted by Gasteiger charge is -2.25. The zero-order valence-corrected chi connectivity index (χ0v) is 7.65. The van der Waals surface area contributed by atoms with Crippen LogP contribution >= 0.6 is 0 Å². The first kappa shape index (κ1) is 9.61. The summed E-state index contributed by atoms with van der Waals surface area (Å²) >= 11 is 0. The molecule has 74 valence electrons. The fraction of sp³-hybridized carbons (Fsp3) is 0.444. The summed E-state index contributed by atoms with van der Waals surface area (Å²) in [5.41, 5.74) is 0.818. The van der Waals surface area contributed by atoms with E-state index in [4.69, 9.17) is 10.0 Å². The van der Waals surface area contributed by atoms with Crippen molar-refractivity contribution in [2.75, 3.05) is 0 Å². The van der Waals surface area contributed by atoms with Crippen molar-refractivity contribution in [1.82, 2.24) is 4.98 Å². The number of hydrogen-bond acceptors (Lipinski definition) is 3. The molecule has 0 atom stereocenters. The summed E-state index contributed by atoms with van der Waals surface area (Å²) in [7, 11) is -1.62. The fourth-order valence-corrected chi connectivity index (χ4v) is 1.60. The highest BCUT2D eigenvalue weighted by Crippen LogP contribution is 2.34. The highest BCUT2D eigenvalue weighted by atomic mass is 19.1.